The number of aliphatic hydroxyl groups is 1. The summed E-state index contributed by atoms with van der Waals surface area (Å²) in [5.74, 6) is 2.28. The molecule has 2 aromatic carbocycles. The molecular formula is C19H22O2. The zero-order valence-corrected chi connectivity index (χ0v) is 12.2. The standard InChI is InChI=1S/C19H22O2/c20-19(13-15-7-4-5-8-15)16-9-6-12-18(14-16)21-17-10-2-1-3-11-17/h1-3,6,9-12,14-15,19-20H,4-5,7-8,13H2. The maximum Gasteiger partial charge on any atom is 0.127 e. The van der Waals surface area contributed by atoms with Crippen molar-refractivity contribution in [3.63, 3.8) is 0 Å². The molecule has 110 valence electrons. The molecule has 1 unspecified atom stereocenters. The maximum atomic E-state index is 10.4. The molecule has 21 heavy (non-hydrogen) atoms. The van der Waals surface area contributed by atoms with Crippen molar-refractivity contribution in [2.45, 2.75) is 38.2 Å². The highest BCUT2D eigenvalue weighted by molar-refractivity contribution is 5.34. The number of hydrogen-bond donors (Lipinski definition) is 1. The van der Waals surface area contributed by atoms with E-state index in [1.54, 1.807) is 0 Å². The summed E-state index contributed by atoms with van der Waals surface area (Å²) < 4.78 is 5.83. The van der Waals surface area contributed by atoms with Crippen molar-refractivity contribution in [2.75, 3.05) is 0 Å². The lowest BCUT2D eigenvalue weighted by Gasteiger charge is -2.16. The van der Waals surface area contributed by atoms with E-state index in [-0.39, 0.29) is 6.10 Å². The van der Waals surface area contributed by atoms with Crippen molar-refractivity contribution in [3.05, 3.63) is 60.2 Å². The van der Waals surface area contributed by atoms with E-state index in [1.807, 2.05) is 54.6 Å². The molecule has 1 atom stereocenters. The lowest BCUT2D eigenvalue weighted by molar-refractivity contribution is 0.144. The first-order valence-electron chi connectivity index (χ1n) is 7.82. The van der Waals surface area contributed by atoms with Gasteiger partial charge in [-0.15, -0.1) is 0 Å². The van der Waals surface area contributed by atoms with Crippen LogP contribution in [-0.4, -0.2) is 5.11 Å². The van der Waals surface area contributed by atoms with E-state index in [0.717, 1.165) is 23.5 Å². The molecule has 0 spiro atoms. The minimum atomic E-state index is -0.382. The number of benzene rings is 2. The lowest BCUT2D eigenvalue weighted by Crippen LogP contribution is -2.04. The average Bonchev–Trinajstić information content (AvgIpc) is 3.01. The number of aliphatic hydroxyl groups excluding tert-OH is 1. The Bertz CT molecular complexity index is 559. The van der Waals surface area contributed by atoms with Crippen LogP contribution in [0, 0.1) is 5.92 Å². The van der Waals surface area contributed by atoms with Crippen molar-refractivity contribution >= 4 is 0 Å². The fourth-order valence-corrected chi connectivity index (χ4v) is 3.11. The fourth-order valence-electron chi connectivity index (χ4n) is 3.11. The van der Waals surface area contributed by atoms with Gasteiger partial charge in [0.1, 0.15) is 11.5 Å². The van der Waals surface area contributed by atoms with Gasteiger partial charge in [0.25, 0.3) is 0 Å². The maximum absolute atomic E-state index is 10.4. The molecule has 1 saturated carbocycles. The summed E-state index contributed by atoms with van der Waals surface area (Å²) in [5.41, 5.74) is 0.954. The molecule has 1 aliphatic carbocycles. The van der Waals surface area contributed by atoms with Crippen LogP contribution in [0.25, 0.3) is 0 Å². The normalized spacial score (nSPS) is 16.8. The molecule has 1 fully saturated rings. The first-order chi connectivity index (χ1) is 10.3. The van der Waals surface area contributed by atoms with Gasteiger partial charge in [0, 0.05) is 0 Å². The molecule has 3 rings (SSSR count). The summed E-state index contributed by atoms with van der Waals surface area (Å²) in [6.07, 6.45) is 5.64. The van der Waals surface area contributed by atoms with Crippen LogP contribution >= 0.6 is 0 Å². The van der Waals surface area contributed by atoms with Crippen LogP contribution in [0.15, 0.2) is 54.6 Å². The summed E-state index contributed by atoms with van der Waals surface area (Å²) in [5, 5.41) is 10.4. The van der Waals surface area contributed by atoms with Crippen LogP contribution in [0.5, 0.6) is 11.5 Å². The van der Waals surface area contributed by atoms with Crippen LogP contribution in [-0.2, 0) is 0 Å². The lowest BCUT2D eigenvalue weighted by atomic mass is 9.95. The van der Waals surface area contributed by atoms with E-state index < -0.39 is 0 Å². The minimum absolute atomic E-state index is 0.382. The summed E-state index contributed by atoms with van der Waals surface area (Å²) in [6, 6.07) is 17.6. The van der Waals surface area contributed by atoms with Gasteiger partial charge in [0.15, 0.2) is 0 Å². The molecule has 0 radical (unpaired) electrons. The van der Waals surface area contributed by atoms with Gasteiger partial charge in [-0.3, -0.25) is 0 Å². The largest absolute Gasteiger partial charge is 0.457 e. The van der Waals surface area contributed by atoms with Crippen molar-refractivity contribution in [2.24, 2.45) is 5.92 Å². The fraction of sp³-hybridized carbons (Fsp3) is 0.368. The van der Waals surface area contributed by atoms with E-state index in [9.17, 15) is 5.11 Å². The van der Waals surface area contributed by atoms with Crippen LogP contribution in [0.2, 0.25) is 0 Å². The summed E-state index contributed by atoms with van der Waals surface area (Å²) in [6.45, 7) is 0. The van der Waals surface area contributed by atoms with E-state index in [4.69, 9.17) is 4.74 Å². The molecule has 2 aromatic rings. The van der Waals surface area contributed by atoms with E-state index in [1.165, 1.54) is 25.7 Å². The third-order valence-electron chi connectivity index (χ3n) is 4.25. The number of hydrogen-bond acceptors (Lipinski definition) is 2. The Morgan fingerprint density at radius 2 is 1.67 bits per heavy atom. The molecule has 0 aromatic heterocycles. The van der Waals surface area contributed by atoms with Gasteiger partial charge in [0.05, 0.1) is 6.10 Å². The van der Waals surface area contributed by atoms with Crippen molar-refractivity contribution in [1.29, 1.82) is 0 Å². The Kier molecular flexibility index (Phi) is 4.56. The van der Waals surface area contributed by atoms with Gasteiger partial charge in [-0.25, -0.2) is 0 Å². The summed E-state index contributed by atoms with van der Waals surface area (Å²) in [7, 11) is 0. The zero-order chi connectivity index (χ0) is 14.5. The Balaban J connectivity index is 1.67. The highest BCUT2D eigenvalue weighted by atomic mass is 16.5. The van der Waals surface area contributed by atoms with Crippen LogP contribution in [0.4, 0.5) is 0 Å². The molecule has 0 heterocycles. The van der Waals surface area contributed by atoms with Gasteiger partial charge >= 0.3 is 0 Å². The van der Waals surface area contributed by atoms with Crippen molar-refractivity contribution in [3.8, 4) is 11.5 Å². The average molecular weight is 282 g/mol. The summed E-state index contributed by atoms with van der Waals surface area (Å²) in [4.78, 5) is 0. The molecule has 1 N–H and O–H groups in total. The zero-order valence-electron chi connectivity index (χ0n) is 12.2. The monoisotopic (exact) mass is 282 g/mol. The topological polar surface area (TPSA) is 29.5 Å². The Labute approximate surface area is 126 Å². The van der Waals surface area contributed by atoms with E-state index in [2.05, 4.69) is 0 Å². The minimum Gasteiger partial charge on any atom is -0.457 e. The predicted molar refractivity (Wildman–Crippen MR) is 84.5 cm³/mol. The van der Waals surface area contributed by atoms with Crippen molar-refractivity contribution in [1.82, 2.24) is 0 Å². The van der Waals surface area contributed by atoms with Crippen LogP contribution in [0.1, 0.15) is 43.8 Å². The molecule has 0 saturated heterocycles. The van der Waals surface area contributed by atoms with E-state index >= 15 is 0 Å². The molecule has 1 aliphatic rings. The molecule has 0 amide bonds. The Morgan fingerprint density at radius 1 is 0.952 bits per heavy atom. The third kappa shape index (κ3) is 3.85. The van der Waals surface area contributed by atoms with Gasteiger partial charge < -0.3 is 9.84 Å². The highest BCUT2D eigenvalue weighted by Crippen LogP contribution is 2.34. The highest BCUT2D eigenvalue weighted by Gasteiger charge is 2.20. The first kappa shape index (κ1) is 14.2. The number of ether oxygens (including phenoxy) is 1. The van der Waals surface area contributed by atoms with Crippen LogP contribution in [0.3, 0.4) is 0 Å². The first-order valence-corrected chi connectivity index (χ1v) is 7.82. The second-order valence-electron chi connectivity index (χ2n) is 5.89. The molecule has 2 heteroatoms. The molecule has 2 nitrogen and oxygen atoms in total. The number of para-hydroxylation sites is 1. The quantitative estimate of drug-likeness (QED) is 0.827. The Morgan fingerprint density at radius 3 is 2.43 bits per heavy atom. The molecule has 0 bridgehead atoms. The van der Waals surface area contributed by atoms with Crippen molar-refractivity contribution < 1.29 is 9.84 Å². The number of rotatable bonds is 5. The van der Waals surface area contributed by atoms with Gasteiger partial charge in [-0.1, -0.05) is 56.0 Å². The third-order valence-corrected chi connectivity index (χ3v) is 4.25. The summed E-state index contributed by atoms with van der Waals surface area (Å²) >= 11 is 0. The van der Waals surface area contributed by atoms with E-state index in [0.29, 0.717) is 5.92 Å². The second-order valence-corrected chi connectivity index (χ2v) is 5.89. The smallest absolute Gasteiger partial charge is 0.127 e. The predicted octanol–water partition coefficient (Wildman–Crippen LogP) is 5.09. The molecule has 0 aliphatic heterocycles. The van der Waals surface area contributed by atoms with Gasteiger partial charge in [-0.05, 0) is 42.2 Å². The molecular weight excluding hydrogens is 260 g/mol. The van der Waals surface area contributed by atoms with Crippen LogP contribution < -0.4 is 4.74 Å². The van der Waals surface area contributed by atoms with Gasteiger partial charge in [0.2, 0.25) is 0 Å². The van der Waals surface area contributed by atoms with Gasteiger partial charge in [-0.2, -0.15) is 0 Å². The Hall–Kier alpha value is -1.80. The second kappa shape index (κ2) is 6.77. The SMILES string of the molecule is OC(CC1CCCC1)c1cccc(Oc2ccccc2)c1.